The molecule has 1 amide bonds. The molecule has 0 aliphatic heterocycles. The van der Waals surface area contributed by atoms with Gasteiger partial charge in [0.05, 0.1) is 6.42 Å². The molecule has 9 heteroatoms. The molecule has 0 bridgehead atoms. The Labute approximate surface area is 136 Å². The molecule has 0 aromatic heterocycles. The molecule has 0 heterocycles. The molecule has 0 saturated heterocycles. The van der Waals surface area contributed by atoms with E-state index in [1.54, 1.807) is 0 Å². The molecule has 4 N–H and O–H groups in total. The van der Waals surface area contributed by atoms with Crippen molar-refractivity contribution in [2.45, 2.75) is 11.3 Å². The van der Waals surface area contributed by atoms with Crippen molar-refractivity contribution < 1.29 is 22.7 Å². The van der Waals surface area contributed by atoms with Gasteiger partial charge in [0.25, 0.3) is 0 Å². The minimum atomic E-state index is -4.15. The molecule has 0 radical (unpaired) electrons. The van der Waals surface area contributed by atoms with Crippen LogP contribution in [0.2, 0.25) is 5.02 Å². The SMILES string of the molecule is NS(=O)(=O)c1cc(NC(=O)Cc2c(F)cccc2Cl)ccc1O. The number of aromatic hydroxyl groups is 1. The van der Waals surface area contributed by atoms with Gasteiger partial charge in [0.1, 0.15) is 16.5 Å². The summed E-state index contributed by atoms with van der Waals surface area (Å²) in [6.45, 7) is 0. The zero-order chi connectivity index (χ0) is 17.2. The quantitative estimate of drug-likeness (QED) is 0.726. The highest BCUT2D eigenvalue weighted by molar-refractivity contribution is 7.89. The fraction of sp³-hybridized carbons (Fsp3) is 0.0714. The number of sulfonamides is 1. The highest BCUT2D eigenvalue weighted by atomic mass is 35.5. The number of hydrogen-bond acceptors (Lipinski definition) is 4. The molecule has 0 spiro atoms. The summed E-state index contributed by atoms with van der Waals surface area (Å²) < 4.78 is 36.2. The van der Waals surface area contributed by atoms with Crippen LogP contribution in [-0.2, 0) is 21.2 Å². The zero-order valence-electron chi connectivity index (χ0n) is 11.6. The fourth-order valence-corrected chi connectivity index (χ4v) is 2.77. The second-order valence-corrected chi connectivity index (χ2v) is 6.59. The van der Waals surface area contributed by atoms with Gasteiger partial charge in [0.15, 0.2) is 0 Å². The summed E-state index contributed by atoms with van der Waals surface area (Å²) in [6, 6.07) is 7.40. The average Bonchev–Trinajstić information content (AvgIpc) is 2.44. The largest absolute Gasteiger partial charge is 0.507 e. The number of anilines is 1. The van der Waals surface area contributed by atoms with Crippen LogP contribution >= 0.6 is 11.6 Å². The molecule has 0 aliphatic rings. The third-order valence-electron chi connectivity index (χ3n) is 2.95. The van der Waals surface area contributed by atoms with Crippen LogP contribution in [-0.4, -0.2) is 19.4 Å². The van der Waals surface area contributed by atoms with E-state index < -0.39 is 32.4 Å². The summed E-state index contributed by atoms with van der Waals surface area (Å²) in [4.78, 5) is 11.4. The minimum absolute atomic E-state index is 0.0251. The fourth-order valence-electron chi connectivity index (χ4n) is 1.89. The maximum absolute atomic E-state index is 13.6. The summed E-state index contributed by atoms with van der Waals surface area (Å²) in [5.74, 6) is -1.77. The number of amides is 1. The summed E-state index contributed by atoms with van der Waals surface area (Å²) in [5.41, 5.74) is 0.112. The van der Waals surface area contributed by atoms with Gasteiger partial charge >= 0.3 is 0 Å². The number of rotatable bonds is 4. The first kappa shape index (κ1) is 17.2. The van der Waals surface area contributed by atoms with Crippen LogP contribution in [0.1, 0.15) is 5.56 Å². The molecule has 0 atom stereocenters. The van der Waals surface area contributed by atoms with Crippen molar-refractivity contribution in [1.29, 1.82) is 0 Å². The number of phenols is 1. The number of phenolic OH excluding ortho intramolecular Hbond substituents is 1. The van der Waals surface area contributed by atoms with Gasteiger partial charge in [-0.25, -0.2) is 17.9 Å². The van der Waals surface area contributed by atoms with E-state index in [0.717, 1.165) is 12.1 Å². The first-order valence-electron chi connectivity index (χ1n) is 6.27. The number of carbonyl (C=O) groups excluding carboxylic acids is 1. The van der Waals surface area contributed by atoms with Gasteiger partial charge in [-0.3, -0.25) is 4.79 Å². The Hall–Kier alpha value is -2.16. The third-order valence-corrected chi connectivity index (χ3v) is 4.24. The van der Waals surface area contributed by atoms with E-state index in [1.807, 2.05) is 0 Å². The monoisotopic (exact) mass is 358 g/mol. The second-order valence-electron chi connectivity index (χ2n) is 4.65. The van der Waals surface area contributed by atoms with Gasteiger partial charge in [-0.05, 0) is 30.3 Å². The zero-order valence-corrected chi connectivity index (χ0v) is 13.2. The maximum atomic E-state index is 13.6. The Morgan fingerprint density at radius 1 is 1.30 bits per heavy atom. The Morgan fingerprint density at radius 3 is 2.61 bits per heavy atom. The number of halogens is 2. The molecule has 2 aromatic carbocycles. The predicted octanol–water partition coefficient (Wildman–Crippen LogP) is 2.01. The minimum Gasteiger partial charge on any atom is -0.507 e. The highest BCUT2D eigenvalue weighted by Gasteiger charge is 2.16. The Morgan fingerprint density at radius 2 is 2.00 bits per heavy atom. The number of hydrogen-bond donors (Lipinski definition) is 3. The van der Waals surface area contributed by atoms with Crippen LogP contribution in [0, 0.1) is 5.82 Å². The normalized spacial score (nSPS) is 11.3. The smallest absolute Gasteiger partial charge is 0.241 e. The van der Waals surface area contributed by atoms with Gasteiger partial charge in [-0.1, -0.05) is 17.7 Å². The van der Waals surface area contributed by atoms with Gasteiger partial charge in [-0.15, -0.1) is 0 Å². The van der Waals surface area contributed by atoms with Crippen LogP contribution in [0.25, 0.3) is 0 Å². The van der Waals surface area contributed by atoms with Crippen molar-refractivity contribution >= 4 is 33.2 Å². The van der Waals surface area contributed by atoms with Gasteiger partial charge in [0.2, 0.25) is 15.9 Å². The molecular weight excluding hydrogens is 347 g/mol. The van der Waals surface area contributed by atoms with E-state index >= 15 is 0 Å². The maximum Gasteiger partial charge on any atom is 0.241 e. The molecular formula is C14H12ClFN2O4S. The first-order chi connectivity index (χ1) is 10.7. The molecule has 2 rings (SSSR count). The number of benzene rings is 2. The van der Waals surface area contributed by atoms with Crippen LogP contribution in [0.15, 0.2) is 41.3 Å². The van der Waals surface area contributed by atoms with Crippen LogP contribution < -0.4 is 10.5 Å². The lowest BCUT2D eigenvalue weighted by atomic mass is 10.1. The van der Waals surface area contributed by atoms with Crippen molar-refractivity contribution in [3.05, 3.63) is 52.8 Å². The Bertz CT molecular complexity index is 851. The van der Waals surface area contributed by atoms with Gasteiger partial charge in [0, 0.05) is 16.3 Å². The van der Waals surface area contributed by atoms with Crippen LogP contribution in [0.3, 0.4) is 0 Å². The van der Waals surface area contributed by atoms with Crippen molar-refractivity contribution in [1.82, 2.24) is 0 Å². The number of primary sulfonamides is 1. The van der Waals surface area contributed by atoms with E-state index in [2.05, 4.69) is 5.32 Å². The summed E-state index contributed by atoms with van der Waals surface area (Å²) >= 11 is 5.83. The van der Waals surface area contributed by atoms with Gasteiger partial charge < -0.3 is 10.4 Å². The summed E-state index contributed by atoms with van der Waals surface area (Å²) in [7, 11) is -4.15. The third kappa shape index (κ3) is 4.19. The topological polar surface area (TPSA) is 109 Å². The van der Waals surface area contributed by atoms with Crippen LogP contribution in [0.4, 0.5) is 10.1 Å². The van der Waals surface area contributed by atoms with E-state index in [1.165, 1.54) is 24.3 Å². The Balaban J connectivity index is 2.21. The van der Waals surface area contributed by atoms with Crippen molar-refractivity contribution in [2.75, 3.05) is 5.32 Å². The van der Waals surface area contributed by atoms with Crippen molar-refractivity contribution in [2.24, 2.45) is 5.14 Å². The van der Waals surface area contributed by atoms with E-state index in [-0.39, 0.29) is 22.7 Å². The molecule has 0 fully saturated rings. The number of nitrogens with one attached hydrogen (secondary N) is 1. The number of nitrogens with two attached hydrogens (primary N) is 1. The highest BCUT2D eigenvalue weighted by Crippen LogP contribution is 2.25. The molecule has 122 valence electrons. The lowest BCUT2D eigenvalue weighted by molar-refractivity contribution is -0.115. The number of carbonyl (C=O) groups is 1. The lowest BCUT2D eigenvalue weighted by Gasteiger charge is -2.09. The lowest BCUT2D eigenvalue weighted by Crippen LogP contribution is -2.17. The molecule has 2 aromatic rings. The first-order valence-corrected chi connectivity index (χ1v) is 8.19. The summed E-state index contributed by atoms with van der Waals surface area (Å²) in [6.07, 6.45) is -0.336. The van der Waals surface area contributed by atoms with Crippen molar-refractivity contribution in [3.8, 4) is 5.75 Å². The van der Waals surface area contributed by atoms with Crippen molar-refractivity contribution in [3.63, 3.8) is 0 Å². The van der Waals surface area contributed by atoms with E-state index in [4.69, 9.17) is 16.7 Å². The average molecular weight is 359 g/mol. The molecule has 0 saturated carbocycles. The second kappa shape index (κ2) is 6.53. The van der Waals surface area contributed by atoms with E-state index in [9.17, 15) is 22.7 Å². The molecule has 0 aliphatic carbocycles. The van der Waals surface area contributed by atoms with E-state index in [0.29, 0.717) is 0 Å². The molecule has 6 nitrogen and oxygen atoms in total. The summed E-state index contributed by atoms with van der Waals surface area (Å²) in [5, 5.41) is 16.9. The Kier molecular flexibility index (Phi) is 4.88. The molecule has 0 unspecified atom stereocenters. The standard InChI is InChI=1S/C14H12ClFN2O4S/c15-10-2-1-3-11(16)9(10)7-14(20)18-8-4-5-12(19)13(6-8)23(17,21)22/h1-6,19H,7H2,(H,18,20)(H2,17,21,22). The van der Waals surface area contributed by atoms with Gasteiger partial charge in [-0.2, -0.15) is 0 Å². The molecule has 23 heavy (non-hydrogen) atoms. The van der Waals surface area contributed by atoms with Crippen LogP contribution in [0.5, 0.6) is 5.75 Å². The predicted molar refractivity (Wildman–Crippen MR) is 83.2 cm³/mol.